The first-order valence-electron chi connectivity index (χ1n) is 7.54. The Kier molecular flexibility index (Phi) is 6.61. The van der Waals surface area contributed by atoms with Crippen LogP contribution >= 0.6 is 11.6 Å². The quantitative estimate of drug-likeness (QED) is 0.807. The van der Waals surface area contributed by atoms with Crippen molar-refractivity contribution in [3.05, 3.63) is 59.1 Å². The van der Waals surface area contributed by atoms with Crippen molar-refractivity contribution in [1.82, 2.24) is 4.90 Å². The minimum atomic E-state index is -0.648. The third-order valence-corrected chi connectivity index (χ3v) is 3.75. The third-order valence-electron chi connectivity index (χ3n) is 3.52. The Hall–Kier alpha value is -2.08. The second-order valence-corrected chi connectivity index (χ2v) is 5.95. The maximum Gasteiger partial charge on any atom is 0.238 e. The van der Waals surface area contributed by atoms with Crippen molar-refractivity contribution in [2.24, 2.45) is 0 Å². The summed E-state index contributed by atoms with van der Waals surface area (Å²) in [5.74, 6) is 0.332. The minimum Gasteiger partial charge on any atom is -0.495 e. The molecule has 1 amide bonds. The van der Waals surface area contributed by atoms with Gasteiger partial charge in [0.25, 0.3) is 0 Å². The lowest BCUT2D eigenvalue weighted by molar-refractivity contribution is -0.117. The first-order chi connectivity index (χ1) is 11.5. The number of hydrogen-bond donors (Lipinski definition) is 2. The highest BCUT2D eigenvalue weighted by molar-refractivity contribution is 6.31. The molecule has 2 N–H and O–H groups in total. The van der Waals surface area contributed by atoms with Crippen molar-refractivity contribution in [1.29, 1.82) is 0 Å². The Labute approximate surface area is 146 Å². The van der Waals surface area contributed by atoms with Gasteiger partial charge < -0.3 is 15.2 Å². The lowest BCUT2D eigenvalue weighted by Gasteiger charge is -2.20. The summed E-state index contributed by atoms with van der Waals surface area (Å²) in [6, 6.07) is 14.4. The molecule has 0 heterocycles. The number of amides is 1. The Morgan fingerprint density at radius 2 is 2.00 bits per heavy atom. The van der Waals surface area contributed by atoms with E-state index in [1.54, 1.807) is 30.1 Å². The molecule has 1 atom stereocenters. The number of aliphatic hydroxyl groups is 1. The summed E-state index contributed by atoms with van der Waals surface area (Å²) in [6.07, 6.45) is -0.648. The zero-order valence-corrected chi connectivity index (χ0v) is 14.5. The number of aliphatic hydroxyl groups excluding tert-OH is 1. The van der Waals surface area contributed by atoms with Crippen LogP contribution in [0, 0.1) is 0 Å². The number of rotatable bonds is 7. The van der Waals surface area contributed by atoms with Crippen molar-refractivity contribution in [3.8, 4) is 5.75 Å². The summed E-state index contributed by atoms with van der Waals surface area (Å²) in [5.41, 5.74) is 1.34. The van der Waals surface area contributed by atoms with Crippen molar-refractivity contribution in [3.63, 3.8) is 0 Å². The van der Waals surface area contributed by atoms with Crippen LogP contribution in [0.5, 0.6) is 5.75 Å². The third kappa shape index (κ3) is 5.23. The van der Waals surface area contributed by atoms with E-state index >= 15 is 0 Å². The highest BCUT2D eigenvalue weighted by Gasteiger charge is 2.14. The van der Waals surface area contributed by atoms with Gasteiger partial charge in [-0.05, 0) is 30.8 Å². The number of carbonyl (C=O) groups excluding carboxylic acids is 1. The van der Waals surface area contributed by atoms with Crippen molar-refractivity contribution in [2.45, 2.75) is 6.10 Å². The van der Waals surface area contributed by atoms with E-state index in [9.17, 15) is 9.90 Å². The van der Waals surface area contributed by atoms with Gasteiger partial charge in [0.05, 0.1) is 25.4 Å². The molecule has 2 rings (SSSR count). The van der Waals surface area contributed by atoms with Crippen LogP contribution in [0.25, 0.3) is 0 Å². The number of carbonyl (C=O) groups is 1. The summed E-state index contributed by atoms with van der Waals surface area (Å²) in [6.45, 7) is 0.490. The summed E-state index contributed by atoms with van der Waals surface area (Å²) < 4.78 is 5.20. The largest absolute Gasteiger partial charge is 0.495 e. The first kappa shape index (κ1) is 18.3. The number of methoxy groups -OCH3 is 1. The molecule has 5 nitrogen and oxygen atoms in total. The molecule has 0 unspecified atom stereocenters. The Morgan fingerprint density at radius 3 is 2.67 bits per heavy atom. The number of nitrogens with zero attached hydrogens (tertiary/aromatic N) is 1. The van der Waals surface area contributed by atoms with Gasteiger partial charge in [0, 0.05) is 11.6 Å². The molecule has 0 radical (unpaired) electrons. The van der Waals surface area contributed by atoms with Gasteiger partial charge in [-0.25, -0.2) is 0 Å². The van der Waals surface area contributed by atoms with Gasteiger partial charge in [0.15, 0.2) is 0 Å². The minimum absolute atomic E-state index is 0.138. The molecule has 0 saturated carbocycles. The van der Waals surface area contributed by atoms with E-state index in [2.05, 4.69) is 5.32 Å². The van der Waals surface area contributed by atoms with Crippen LogP contribution in [-0.2, 0) is 4.79 Å². The smallest absolute Gasteiger partial charge is 0.238 e. The van der Waals surface area contributed by atoms with Gasteiger partial charge in [0.1, 0.15) is 5.75 Å². The predicted octanol–water partition coefficient (Wildman–Crippen LogP) is 2.95. The average molecular weight is 349 g/mol. The standard InChI is InChI=1S/C18H21ClN2O3/c1-21(11-16(22)13-6-4-3-5-7-13)12-18(23)20-15-10-14(19)8-9-17(15)24-2/h3-10,16,22H,11-12H2,1-2H3,(H,20,23)/t16-/m0/s1. The van der Waals surface area contributed by atoms with Crippen LogP contribution in [-0.4, -0.2) is 43.2 Å². The number of hydrogen-bond acceptors (Lipinski definition) is 4. The topological polar surface area (TPSA) is 61.8 Å². The molecule has 0 aliphatic carbocycles. The number of likely N-dealkylation sites (N-methyl/N-ethyl adjacent to an activating group) is 1. The van der Waals surface area contributed by atoms with E-state index in [0.717, 1.165) is 5.56 Å². The van der Waals surface area contributed by atoms with Gasteiger partial charge in [-0.15, -0.1) is 0 Å². The first-order valence-corrected chi connectivity index (χ1v) is 7.92. The number of nitrogens with one attached hydrogen (secondary N) is 1. The summed E-state index contributed by atoms with van der Waals surface area (Å²) in [5, 5.41) is 13.5. The molecule has 2 aromatic carbocycles. The van der Waals surface area contributed by atoms with Gasteiger partial charge >= 0.3 is 0 Å². The summed E-state index contributed by atoms with van der Waals surface area (Å²) in [7, 11) is 3.31. The van der Waals surface area contributed by atoms with Crippen molar-refractivity contribution in [2.75, 3.05) is 32.6 Å². The van der Waals surface area contributed by atoms with Crippen molar-refractivity contribution >= 4 is 23.2 Å². The molecular formula is C18H21ClN2O3. The van der Waals surface area contributed by atoms with Gasteiger partial charge in [-0.1, -0.05) is 41.9 Å². The molecule has 2 aromatic rings. The molecule has 0 saturated heterocycles. The number of benzene rings is 2. The fraction of sp³-hybridized carbons (Fsp3) is 0.278. The van der Waals surface area contributed by atoms with E-state index in [1.807, 2.05) is 30.3 Å². The second-order valence-electron chi connectivity index (χ2n) is 5.52. The summed E-state index contributed by atoms with van der Waals surface area (Å²) >= 11 is 5.95. The van der Waals surface area contributed by atoms with Crippen LogP contribution in [0.2, 0.25) is 5.02 Å². The van der Waals surface area contributed by atoms with Crippen LogP contribution in [0.1, 0.15) is 11.7 Å². The van der Waals surface area contributed by atoms with E-state index in [1.165, 1.54) is 7.11 Å². The zero-order valence-electron chi connectivity index (χ0n) is 13.7. The molecule has 0 fully saturated rings. The van der Waals surface area contributed by atoms with Crippen LogP contribution < -0.4 is 10.1 Å². The number of ether oxygens (including phenoxy) is 1. The van der Waals surface area contributed by atoms with Gasteiger partial charge in [0.2, 0.25) is 5.91 Å². The Bertz CT molecular complexity index is 679. The molecule has 0 aliphatic rings. The van der Waals surface area contributed by atoms with E-state index in [0.29, 0.717) is 23.0 Å². The fourth-order valence-electron chi connectivity index (χ4n) is 2.35. The Balaban J connectivity index is 1.91. The van der Waals surface area contributed by atoms with Crippen LogP contribution in [0.3, 0.4) is 0 Å². The second kappa shape index (κ2) is 8.68. The number of halogens is 1. The molecule has 0 bridgehead atoms. The lowest BCUT2D eigenvalue weighted by atomic mass is 10.1. The van der Waals surface area contributed by atoms with Crippen LogP contribution in [0.15, 0.2) is 48.5 Å². The maximum absolute atomic E-state index is 12.2. The molecular weight excluding hydrogens is 328 g/mol. The molecule has 0 spiro atoms. The summed E-state index contributed by atoms with van der Waals surface area (Å²) in [4.78, 5) is 13.9. The molecule has 0 aromatic heterocycles. The highest BCUT2D eigenvalue weighted by atomic mass is 35.5. The molecule has 6 heteroatoms. The van der Waals surface area contributed by atoms with Crippen LogP contribution in [0.4, 0.5) is 5.69 Å². The normalized spacial score (nSPS) is 12.0. The number of anilines is 1. The van der Waals surface area contributed by atoms with Gasteiger partial charge in [-0.3, -0.25) is 9.69 Å². The van der Waals surface area contributed by atoms with Gasteiger partial charge in [-0.2, -0.15) is 0 Å². The lowest BCUT2D eigenvalue weighted by Crippen LogP contribution is -2.33. The average Bonchev–Trinajstić information content (AvgIpc) is 2.55. The van der Waals surface area contributed by atoms with E-state index in [4.69, 9.17) is 16.3 Å². The maximum atomic E-state index is 12.2. The fourth-order valence-corrected chi connectivity index (χ4v) is 2.53. The zero-order chi connectivity index (χ0) is 17.5. The Morgan fingerprint density at radius 1 is 1.29 bits per heavy atom. The SMILES string of the molecule is COc1ccc(Cl)cc1NC(=O)CN(C)C[C@H](O)c1ccccc1. The molecule has 0 aliphatic heterocycles. The van der Waals surface area contributed by atoms with Crippen molar-refractivity contribution < 1.29 is 14.6 Å². The molecule has 24 heavy (non-hydrogen) atoms. The van der Waals surface area contributed by atoms with E-state index < -0.39 is 6.10 Å². The van der Waals surface area contributed by atoms with E-state index in [-0.39, 0.29) is 12.5 Å². The highest BCUT2D eigenvalue weighted by Crippen LogP contribution is 2.27. The monoisotopic (exact) mass is 348 g/mol. The molecule has 128 valence electrons. The predicted molar refractivity (Wildman–Crippen MR) is 95.5 cm³/mol.